The molecule has 2 N–H and O–H groups in total. The van der Waals surface area contributed by atoms with Crippen molar-refractivity contribution < 1.29 is 19.0 Å². The molecule has 5 heteroatoms. The summed E-state index contributed by atoms with van der Waals surface area (Å²) in [5, 5.41) is 14.9. The standard InChI is InChI=1S/C17H23NO4/c1-12(18-11-17(19)6-8-21-9-7-17)15-10-13-4-3-5-14(20-2)16(13)22-15/h3-5,10,12,18-19H,6-9,11H2,1-2H3. The van der Waals surface area contributed by atoms with E-state index in [9.17, 15) is 5.11 Å². The molecule has 1 unspecified atom stereocenters. The molecule has 120 valence electrons. The Balaban J connectivity index is 1.70. The Labute approximate surface area is 130 Å². The molecule has 2 heterocycles. The molecular weight excluding hydrogens is 282 g/mol. The summed E-state index contributed by atoms with van der Waals surface area (Å²) < 4.78 is 16.6. The van der Waals surface area contributed by atoms with Gasteiger partial charge in [0, 0.05) is 38.0 Å². The van der Waals surface area contributed by atoms with Gasteiger partial charge in [0.15, 0.2) is 11.3 Å². The normalized spacial score (nSPS) is 19.2. The van der Waals surface area contributed by atoms with Gasteiger partial charge in [0.05, 0.1) is 18.8 Å². The van der Waals surface area contributed by atoms with Gasteiger partial charge in [-0.25, -0.2) is 0 Å². The monoisotopic (exact) mass is 305 g/mol. The summed E-state index contributed by atoms with van der Waals surface area (Å²) in [6.07, 6.45) is 1.33. The highest BCUT2D eigenvalue weighted by Crippen LogP contribution is 2.31. The molecule has 0 radical (unpaired) electrons. The van der Waals surface area contributed by atoms with Crippen LogP contribution in [0.2, 0.25) is 0 Å². The van der Waals surface area contributed by atoms with E-state index in [1.54, 1.807) is 7.11 Å². The summed E-state index contributed by atoms with van der Waals surface area (Å²) in [5.41, 5.74) is 0.0781. The lowest BCUT2D eigenvalue weighted by Gasteiger charge is -2.33. The molecule has 1 aliphatic rings. The number of para-hydroxylation sites is 1. The van der Waals surface area contributed by atoms with Crippen LogP contribution < -0.4 is 10.1 Å². The Morgan fingerprint density at radius 1 is 1.36 bits per heavy atom. The molecule has 0 aliphatic carbocycles. The molecule has 2 aromatic rings. The maximum atomic E-state index is 10.5. The Morgan fingerprint density at radius 2 is 2.14 bits per heavy atom. The lowest BCUT2D eigenvalue weighted by molar-refractivity contribution is -0.0628. The van der Waals surface area contributed by atoms with Gasteiger partial charge >= 0.3 is 0 Å². The van der Waals surface area contributed by atoms with Crippen LogP contribution in [0.5, 0.6) is 5.75 Å². The average molecular weight is 305 g/mol. The Bertz CT molecular complexity index is 631. The van der Waals surface area contributed by atoms with Gasteiger partial charge < -0.3 is 24.3 Å². The van der Waals surface area contributed by atoms with Crippen LogP contribution in [0, 0.1) is 0 Å². The van der Waals surface area contributed by atoms with Crippen molar-refractivity contribution >= 4 is 11.0 Å². The summed E-state index contributed by atoms with van der Waals surface area (Å²) in [7, 11) is 1.64. The fourth-order valence-electron chi connectivity index (χ4n) is 2.80. The van der Waals surface area contributed by atoms with Crippen LogP contribution in [0.15, 0.2) is 28.7 Å². The van der Waals surface area contributed by atoms with Crippen molar-refractivity contribution in [3.8, 4) is 5.75 Å². The van der Waals surface area contributed by atoms with E-state index in [2.05, 4.69) is 5.32 Å². The summed E-state index contributed by atoms with van der Waals surface area (Å²) >= 11 is 0. The summed E-state index contributed by atoms with van der Waals surface area (Å²) in [6.45, 7) is 3.81. The third-order valence-corrected chi connectivity index (χ3v) is 4.33. The van der Waals surface area contributed by atoms with E-state index in [1.807, 2.05) is 31.2 Å². The highest BCUT2D eigenvalue weighted by molar-refractivity contribution is 5.83. The molecule has 1 aromatic carbocycles. The zero-order valence-corrected chi connectivity index (χ0v) is 13.1. The van der Waals surface area contributed by atoms with Crippen LogP contribution in [-0.2, 0) is 4.74 Å². The summed E-state index contributed by atoms with van der Waals surface area (Å²) in [4.78, 5) is 0. The number of hydrogen-bond donors (Lipinski definition) is 2. The molecule has 22 heavy (non-hydrogen) atoms. The smallest absolute Gasteiger partial charge is 0.176 e. The first-order valence-corrected chi connectivity index (χ1v) is 7.71. The lowest BCUT2D eigenvalue weighted by atomic mass is 9.94. The van der Waals surface area contributed by atoms with Crippen LogP contribution >= 0.6 is 0 Å². The first-order chi connectivity index (χ1) is 10.6. The second-order valence-electron chi connectivity index (χ2n) is 5.97. The fourth-order valence-corrected chi connectivity index (χ4v) is 2.80. The van der Waals surface area contributed by atoms with Crippen molar-refractivity contribution in [2.75, 3.05) is 26.9 Å². The summed E-state index contributed by atoms with van der Waals surface area (Å²) in [6, 6.07) is 7.87. The third kappa shape index (κ3) is 3.11. The van der Waals surface area contributed by atoms with Gasteiger partial charge in [-0.05, 0) is 19.1 Å². The molecule has 3 rings (SSSR count). The predicted molar refractivity (Wildman–Crippen MR) is 84.2 cm³/mol. The van der Waals surface area contributed by atoms with Crippen molar-refractivity contribution in [3.63, 3.8) is 0 Å². The van der Waals surface area contributed by atoms with Crippen LogP contribution in [0.4, 0.5) is 0 Å². The highest BCUT2D eigenvalue weighted by atomic mass is 16.5. The minimum Gasteiger partial charge on any atom is -0.493 e. The molecule has 5 nitrogen and oxygen atoms in total. The Kier molecular flexibility index (Phi) is 4.38. The number of methoxy groups -OCH3 is 1. The summed E-state index contributed by atoms with van der Waals surface area (Å²) in [5.74, 6) is 1.58. The predicted octanol–water partition coefficient (Wildman–Crippen LogP) is 2.63. The zero-order valence-electron chi connectivity index (χ0n) is 13.1. The van der Waals surface area contributed by atoms with Crippen molar-refractivity contribution in [3.05, 3.63) is 30.0 Å². The van der Waals surface area contributed by atoms with Gasteiger partial charge in [-0.15, -0.1) is 0 Å². The van der Waals surface area contributed by atoms with Crippen molar-refractivity contribution in [1.82, 2.24) is 5.32 Å². The van der Waals surface area contributed by atoms with Gasteiger partial charge in [-0.3, -0.25) is 0 Å². The number of fused-ring (bicyclic) bond motifs is 1. The number of aliphatic hydroxyl groups is 1. The quantitative estimate of drug-likeness (QED) is 0.889. The van der Waals surface area contributed by atoms with Crippen LogP contribution in [0.3, 0.4) is 0 Å². The zero-order chi connectivity index (χ0) is 15.6. The third-order valence-electron chi connectivity index (χ3n) is 4.33. The van der Waals surface area contributed by atoms with Crippen LogP contribution in [0.1, 0.15) is 31.6 Å². The minimum absolute atomic E-state index is 0.0176. The second kappa shape index (κ2) is 6.28. The van der Waals surface area contributed by atoms with E-state index in [0.29, 0.717) is 32.6 Å². The van der Waals surface area contributed by atoms with E-state index in [0.717, 1.165) is 22.5 Å². The maximum Gasteiger partial charge on any atom is 0.176 e. The number of furan rings is 1. The number of benzene rings is 1. The maximum absolute atomic E-state index is 10.5. The van der Waals surface area contributed by atoms with Crippen LogP contribution in [-0.4, -0.2) is 37.6 Å². The average Bonchev–Trinajstić information content (AvgIpc) is 2.97. The SMILES string of the molecule is COc1cccc2cc(C(C)NCC3(O)CCOCC3)oc12. The van der Waals surface area contributed by atoms with Gasteiger partial charge in [0.2, 0.25) is 0 Å². The highest BCUT2D eigenvalue weighted by Gasteiger charge is 2.30. The van der Waals surface area contributed by atoms with Gasteiger partial charge in [0.1, 0.15) is 5.76 Å². The molecule has 1 atom stereocenters. The largest absolute Gasteiger partial charge is 0.493 e. The molecular formula is C17H23NO4. The molecule has 0 amide bonds. The van der Waals surface area contributed by atoms with Gasteiger partial charge in [-0.2, -0.15) is 0 Å². The number of nitrogens with one attached hydrogen (secondary N) is 1. The second-order valence-corrected chi connectivity index (χ2v) is 5.97. The molecule has 1 aromatic heterocycles. The fraction of sp³-hybridized carbons (Fsp3) is 0.529. The van der Waals surface area contributed by atoms with Gasteiger partial charge in [-0.1, -0.05) is 12.1 Å². The molecule has 0 saturated carbocycles. The first-order valence-electron chi connectivity index (χ1n) is 7.71. The molecule has 1 saturated heterocycles. The van der Waals surface area contributed by atoms with E-state index in [1.165, 1.54) is 0 Å². The van der Waals surface area contributed by atoms with Crippen LogP contribution in [0.25, 0.3) is 11.0 Å². The molecule has 0 spiro atoms. The Hall–Kier alpha value is -1.56. The number of ether oxygens (including phenoxy) is 2. The minimum atomic E-state index is -0.684. The molecule has 1 fully saturated rings. The van der Waals surface area contributed by atoms with Crippen molar-refractivity contribution in [2.45, 2.75) is 31.4 Å². The van der Waals surface area contributed by atoms with Crippen molar-refractivity contribution in [2.24, 2.45) is 0 Å². The topological polar surface area (TPSA) is 63.9 Å². The lowest BCUT2D eigenvalue weighted by Crippen LogP contribution is -2.45. The van der Waals surface area contributed by atoms with E-state index >= 15 is 0 Å². The number of rotatable bonds is 5. The number of hydrogen-bond acceptors (Lipinski definition) is 5. The molecule has 0 bridgehead atoms. The van der Waals surface area contributed by atoms with E-state index in [4.69, 9.17) is 13.9 Å². The van der Waals surface area contributed by atoms with Crippen molar-refractivity contribution in [1.29, 1.82) is 0 Å². The van der Waals surface area contributed by atoms with E-state index in [-0.39, 0.29) is 6.04 Å². The van der Waals surface area contributed by atoms with E-state index < -0.39 is 5.60 Å². The molecule has 1 aliphatic heterocycles. The Morgan fingerprint density at radius 3 is 2.86 bits per heavy atom. The van der Waals surface area contributed by atoms with Gasteiger partial charge in [0.25, 0.3) is 0 Å². The first kappa shape index (κ1) is 15.3.